The molecule has 1 N–H and O–H groups in total. The summed E-state index contributed by atoms with van der Waals surface area (Å²) in [6.07, 6.45) is 4.11. The van der Waals surface area contributed by atoms with Crippen LogP contribution in [0.1, 0.15) is 40.0 Å². The molecule has 17 heavy (non-hydrogen) atoms. The van der Waals surface area contributed by atoms with Gasteiger partial charge in [0, 0.05) is 6.54 Å². The van der Waals surface area contributed by atoms with Crippen LogP contribution in [0.4, 0.5) is 0 Å². The lowest BCUT2D eigenvalue weighted by Gasteiger charge is -2.19. The van der Waals surface area contributed by atoms with E-state index in [4.69, 9.17) is 0 Å². The largest absolute Gasteiger partial charge is 0.345 e. The summed E-state index contributed by atoms with van der Waals surface area (Å²) in [5, 5.41) is 2.53. The van der Waals surface area contributed by atoms with Crippen molar-refractivity contribution in [3.63, 3.8) is 0 Å². The fourth-order valence-corrected chi connectivity index (χ4v) is 1.55. The Morgan fingerprint density at radius 2 is 2.06 bits per heavy atom. The average molecular weight is 242 g/mol. The zero-order valence-corrected chi connectivity index (χ0v) is 10.8. The standard InChI is InChI=1S/C9H14N2O3.C3H8/c1-7(5-12)10-9(14)8-3-2-4-11(8)6-13;1-3-2/h5-8H,2-4H2,1H3,(H,10,14);3H2,1-2H3/t7-,8-;/m0./s1. The van der Waals surface area contributed by atoms with Crippen molar-refractivity contribution in [3.8, 4) is 0 Å². The molecule has 5 heteroatoms. The van der Waals surface area contributed by atoms with Crippen molar-refractivity contribution in [1.29, 1.82) is 0 Å². The van der Waals surface area contributed by atoms with Gasteiger partial charge < -0.3 is 15.0 Å². The van der Waals surface area contributed by atoms with E-state index in [0.29, 0.717) is 25.7 Å². The second-order valence-electron chi connectivity index (χ2n) is 4.14. The van der Waals surface area contributed by atoms with Crippen LogP contribution in [0.2, 0.25) is 0 Å². The minimum absolute atomic E-state index is 0.241. The first-order valence-electron chi connectivity index (χ1n) is 6.07. The molecule has 0 unspecified atom stereocenters. The molecule has 2 amide bonds. The number of amides is 2. The molecule has 1 fully saturated rings. The molecule has 0 bridgehead atoms. The van der Waals surface area contributed by atoms with Gasteiger partial charge >= 0.3 is 0 Å². The van der Waals surface area contributed by atoms with E-state index in [0.717, 1.165) is 6.42 Å². The Bertz CT molecular complexity index is 256. The quantitative estimate of drug-likeness (QED) is 0.739. The van der Waals surface area contributed by atoms with Gasteiger partial charge in [0.1, 0.15) is 12.3 Å². The summed E-state index contributed by atoms with van der Waals surface area (Å²) in [6.45, 7) is 6.47. The summed E-state index contributed by atoms with van der Waals surface area (Å²) in [5.41, 5.74) is 0. The maximum atomic E-state index is 11.5. The molecule has 5 nitrogen and oxygen atoms in total. The van der Waals surface area contributed by atoms with Crippen molar-refractivity contribution < 1.29 is 14.4 Å². The molecule has 0 aromatic carbocycles. The van der Waals surface area contributed by atoms with Gasteiger partial charge in [-0.2, -0.15) is 0 Å². The smallest absolute Gasteiger partial charge is 0.243 e. The molecule has 0 aromatic heterocycles. The van der Waals surface area contributed by atoms with Crippen LogP contribution >= 0.6 is 0 Å². The van der Waals surface area contributed by atoms with Crippen LogP contribution in [0.25, 0.3) is 0 Å². The minimum atomic E-state index is -0.489. The summed E-state index contributed by atoms with van der Waals surface area (Å²) in [7, 11) is 0. The van der Waals surface area contributed by atoms with Gasteiger partial charge in [-0.1, -0.05) is 20.3 Å². The van der Waals surface area contributed by atoms with Crippen LogP contribution in [0.3, 0.4) is 0 Å². The van der Waals surface area contributed by atoms with Crippen molar-refractivity contribution in [1.82, 2.24) is 10.2 Å². The normalized spacial score (nSPS) is 19.9. The van der Waals surface area contributed by atoms with Crippen LogP contribution in [0.5, 0.6) is 0 Å². The third-order valence-corrected chi connectivity index (χ3v) is 2.31. The first-order chi connectivity index (χ1) is 8.10. The third-order valence-electron chi connectivity index (χ3n) is 2.31. The van der Waals surface area contributed by atoms with Crippen LogP contribution < -0.4 is 5.32 Å². The van der Waals surface area contributed by atoms with Gasteiger partial charge in [-0.15, -0.1) is 0 Å². The summed E-state index contributed by atoms with van der Waals surface area (Å²) >= 11 is 0. The molecule has 1 rings (SSSR count). The number of likely N-dealkylation sites (tertiary alicyclic amines) is 1. The molecule has 1 heterocycles. The number of hydrogen-bond acceptors (Lipinski definition) is 3. The molecule has 1 saturated heterocycles. The Kier molecular flexibility index (Phi) is 8.01. The molecule has 0 spiro atoms. The van der Waals surface area contributed by atoms with Gasteiger partial charge in [0.05, 0.1) is 6.04 Å². The van der Waals surface area contributed by atoms with E-state index in [-0.39, 0.29) is 5.91 Å². The Labute approximate surface area is 103 Å². The molecule has 0 radical (unpaired) electrons. The van der Waals surface area contributed by atoms with Gasteiger partial charge in [-0.05, 0) is 19.8 Å². The molecule has 1 aliphatic heterocycles. The SMILES string of the molecule is CCC.C[C@@H](C=O)NC(=O)[C@@H]1CCCN1C=O. The predicted molar refractivity (Wildman–Crippen MR) is 65.4 cm³/mol. The highest BCUT2D eigenvalue weighted by atomic mass is 16.2. The van der Waals surface area contributed by atoms with Crippen molar-refractivity contribution in [2.45, 2.75) is 52.1 Å². The van der Waals surface area contributed by atoms with Gasteiger partial charge in [0.2, 0.25) is 12.3 Å². The molecule has 98 valence electrons. The molecule has 2 atom stereocenters. The van der Waals surface area contributed by atoms with Crippen LogP contribution in [-0.4, -0.2) is 42.1 Å². The lowest BCUT2D eigenvalue weighted by molar-refractivity contribution is -0.132. The number of hydrogen-bond donors (Lipinski definition) is 1. The molecule has 0 saturated carbocycles. The van der Waals surface area contributed by atoms with Gasteiger partial charge in [-0.25, -0.2) is 0 Å². The topological polar surface area (TPSA) is 66.5 Å². The van der Waals surface area contributed by atoms with Crippen molar-refractivity contribution in [2.75, 3.05) is 6.54 Å². The molecular formula is C12H22N2O3. The number of carbonyl (C=O) groups excluding carboxylic acids is 3. The fourth-order valence-electron chi connectivity index (χ4n) is 1.55. The second kappa shape index (κ2) is 8.73. The summed E-state index contributed by atoms with van der Waals surface area (Å²) in [4.78, 5) is 33.8. The highest BCUT2D eigenvalue weighted by molar-refractivity contribution is 5.86. The average Bonchev–Trinajstić information content (AvgIpc) is 2.77. The minimum Gasteiger partial charge on any atom is -0.345 e. The van der Waals surface area contributed by atoms with E-state index >= 15 is 0 Å². The summed E-state index contributed by atoms with van der Waals surface area (Å²) < 4.78 is 0. The van der Waals surface area contributed by atoms with Crippen molar-refractivity contribution in [3.05, 3.63) is 0 Å². The van der Waals surface area contributed by atoms with E-state index in [9.17, 15) is 14.4 Å². The Hall–Kier alpha value is -1.39. The van der Waals surface area contributed by atoms with E-state index in [1.54, 1.807) is 6.92 Å². The van der Waals surface area contributed by atoms with Crippen LogP contribution in [-0.2, 0) is 14.4 Å². The summed E-state index contributed by atoms with van der Waals surface area (Å²) in [6, 6.07) is -0.883. The van der Waals surface area contributed by atoms with E-state index in [1.165, 1.54) is 11.3 Å². The maximum absolute atomic E-state index is 11.5. The highest BCUT2D eigenvalue weighted by Gasteiger charge is 2.29. The van der Waals surface area contributed by atoms with E-state index in [1.807, 2.05) is 0 Å². The molecular weight excluding hydrogens is 220 g/mol. The zero-order chi connectivity index (χ0) is 13.3. The fraction of sp³-hybridized carbons (Fsp3) is 0.750. The molecule has 0 aromatic rings. The zero-order valence-electron chi connectivity index (χ0n) is 10.8. The molecule has 0 aliphatic carbocycles. The maximum Gasteiger partial charge on any atom is 0.243 e. The number of nitrogens with one attached hydrogen (secondary N) is 1. The Morgan fingerprint density at radius 1 is 1.47 bits per heavy atom. The first kappa shape index (κ1) is 15.6. The van der Waals surface area contributed by atoms with E-state index < -0.39 is 12.1 Å². The predicted octanol–water partition coefficient (Wildman–Crippen LogP) is 0.727. The Morgan fingerprint density at radius 3 is 2.53 bits per heavy atom. The van der Waals surface area contributed by atoms with E-state index in [2.05, 4.69) is 19.2 Å². The van der Waals surface area contributed by atoms with Gasteiger partial charge in [0.25, 0.3) is 0 Å². The third kappa shape index (κ3) is 5.47. The van der Waals surface area contributed by atoms with Crippen molar-refractivity contribution in [2.24, 2.45) is 0 Å². The van der Waals surface area contributed by atoms with Gasteiger partial charge in [-0.3, -0.25) is 9.59 Å². The first-order valence-corrected chi connectivity index (χ1v) is 6.07. The van der Waals surface area contributed by atoms with Crippen LogP contribution in [0, 0.1) is 0 Å². The summed E-state index contributed by atoms with van der Waals surface area (Å²) in [5.74, 6) is -0.241. The number of carbonyl (C=O) groups is 3. The molecule has 1 aliphatic rings. The lowest BCUT2D eigenvalue weighted by atomic mass is 10.2. The van der Waals surface area contributed by atoms with Gasteiger partial charge in [0.15, 0.2) is 0 Å². The number of rotatable bonds is 4. The van der Waals surface area contributed by atoms with Crippen molar-refractivity contribution >= 4 is 18.6 Å². The lowest BCUT2D eigenvalue weighted by Crippen LogP contribution is -2.46. The Balaban J connectivity index is 0.000000770. The number of aldehydes is 1. The highest BCUT2D eigenvalue weighted by Crippen LogP contribution is 2.14. The number of nitrogens with zero attached hydrogens (tertiary/aromatic N) is 1. The van der Waals surface area contributed by atoms with Crippen LogP contribution in [0.15, 0.2) is 0 Å². The second-order valence-corrected chi connectivity index (χ2v) is 4.14. The monoisotopic (exact) mass is 242 g/mol.